The van der Waals surface area contributed by atoms with Crippen molar-refractivity contribution in [2.75, 3.05) is 49.1 Å². The van der Waals surface area contributed by atoms with Gasteiger partial charge in [-0.05, 0) is 12.1 Å². The van der Waals surface area contributed by atoms with Crippen molar-refractivity contribution in [1.29, 1.82) is 0 Å². The normalized spacial score (nSPS) is 15.4. The highest BCUT2D eigenvalue weighted by atomic mass is 32.2. The topological polar surface area (TPSA) is 121 Å². The number of benzene rings is 1. The number of nitro groups is 1. The second-order valence-corrected chi connectivity index (χ2v) is 7.69. The molecule has 3 N–H and O–H groups in total. The van der Waals surface area contributed by atoms with Gasteiger partial charge >= 0.3 is 6.18 Å². The average molecular weight is 444 g/mol. The van der Waals surface area contributed by atoms with Crippen LogP contribution in [0.15, 0.2) is 34.2 Å². The van der Waals surface area contributed by atoms with Crippen LogP contribution in [0.3, 0.4) is 0 Å². The summed E-state index contributed by atoms with van der Waals surface area (Å²) in [5, 5.41) is 11.7. The fourth-order valence-corrected chi connectivity index (χ4v) is 4.00. The first-order valence-electron chi connectivity index (χ1n) is 8.96. The van der Waals surface area contributed by atoms with Gasteiger partial charge in [0, 0.05) is 50.6 Å². The van der Waals surface area contributed by atoms with E-state index in [-0.39, 0.29) is 17.1 Å². The number of anilines is 2. The van der Waals surface area contributed by atoms with Crippen molar-refractivity contribution < 1.29 is 18.1 Å². The van der Waals surface area contributed by atoms with E-state index >= 15 is 0 Å². The minimum Gasteiger partial charge on any atom is -0.383 e. The molecule has 0 unspecified atom stereocenters. The Labute approximate surface area is 173 Å². The van der Waals surface area contributed by atoms with Crippen LogP contribution in [0.2, 0.25) is 0 Å². The highest BCUT2D eigenvalue weighted by Crippen LogP contribution is 2.36. The van der Waals surface area contributed by atoms with Gasteiger partial charge in [0.1, 0.15) is 11.5 Å². The molecule has 0 aliphatic carbocycles. The number of nitro benzene ring substituents is 1. The fraction of sp³-hybridized carbons (Fsp3) is 0.412. The molecule has 30 heavy (non-hydrogen) atoms. The number of rotatable bonds is 6. The number of thioether (sulfide) groups is 1. The summed E-state index contributed by atoms with van der Waals surface area (Å²) in [4.78, 5) is 32.4. The van der Waals surface area contributed by atoms with Crippen molar-refractivity contribution in [2.24, 2.45) is 0 Å². The third-order valence-electron chi connectivity index (χ3n) is 4.60. The van der Waals surface area contributed by atoms with Crippen LogP contribution in [-0.2, 0) is 6.18 Å². The molecule has 0 atom stereocenters. The molecule has 1 aromatic heterocycles. The van der Waals surface area contributed by atoms with Gasteiger partial charge in [0.2, 0.25) is 0 Å². The zero-order chi connectivity index (χ0) is 21.9. The quantitative estimate of drug-likeness (QED) is 0.301. The number of piperazine rings is 1. The molecule has 1 aliphatic rings. The molecule has 0 radical (unpaired) electrons. The first kappa shape index (κ1) is 21.9. The number of H-pyrrole nitrogens is 1. The predicted molar refractivity (Wildman–Crippen MR) is 107 cm³/mol. The van der Waals surface area contributed by atoms with E-state index in [4.69, 9.17) is 5.73 Å². The monoisotopic (exact) mass is 444 g/mol. The maximum Gasteiger partial charge on any atom is 0.416 e. The Balaban J connectivity index is 1.57. The third-order valence-corrected chi connectivity index (χ3v) is 5.45. The molecule has 1 aromatic carbocycles. The molecule has 0 amide bonds. The van der Waals surface area contributed by atoms with Crippen molar-refractivity contribution in [3.63, 3.8) is 0 Å². The summed E-state index contributed by atoms with van der Waals surface area (Å²) < 4.78 is 38.6. The van der Waals surface area contributed by atoms with Crippen LogP contribution in [0.1, 0.15) is 5.56 Å². The lowest BCUT2D eigenvalue weighted by molar-refractivity contribution is -0.384. The molecule has 0 saturated carbocycles. The molecule has 3 rings (SSSR count). The van der Waals surface area contributed by atoms with Crippen molar-refractivity contribution in [2.45, 2.75) is 11.3 Å². The standard InChI is InChI=1S/C17H19F3N6O3S/c18-17(19,20)11-1-2-12(13(9-11)26(28)29)25-5-3-24(4-6-25)7-8-30-16-22-14(21)10-15(27)23-16/h1-2,9-10H,3-8H2,(H3,21,22,23,27). The van der Waals surface area contributed by atoms with Crippen molar-refractivity contribution in [1.82, 2.24) is 14.9 Å². The van der Waals surface area contributed by atoms with Gasteiger partial charge in [0.05, 0.1) is 10.5 Å². The Hall–Kier alpha value is -2.80. The molecular weight excluding hydrogens is 425 g/mol. The summed E-state index contributed by atoms with van der Waals surface area (Å²) in [6.45, 7) is 2.78. The van der Waals surface area contributed by atoms with Gasteiger partial charge in [-0.15, -0.1) is 0 Å². The summed E-state index contributed by atoms with van der Waals surface area (Å²) >= 11 is 1.35. The molecule has 1 aliphatic heterocycles. The second-order valence-electron chi connectivity index (χ2n) is 6.61. The van der Waals surface area contributed by atoms with Gasteiger partial charge in [0.25, 0.3) is 11.2 Å². The summed E-state index contributed by atoms with van der Waals surface area (Å²) in [6.07, 6.45) is -4.64. The van der Waals surface area contributed by atoms with Crippen LogP contribution in [0.5, 0.6) is 0 Å². The fourth-order valence-electron chi connectivity index (χ4n) is 3.12. The number of nitrogens with two attached hydrogens (primary N) is 1. The summed E-state index contributed by atoms with van der Waals surface area (Å²) in [6, 6.07) is 3.81. The largest absolute Gasteiger partial charge is 0.416 e. The lowest BCUT2D eigenvalue weighted by Crippen LogP contribution is -2.47. The molecule has 0 spiro atoms. The summed E-state index contributed by atoms with van der Waals surface area (Å²) in [5.41, 5.74) is 3.81. The summed E-state index contributed by atoms with van der Waals surface area (Å²) in [5.74, 6) is 0.792. The number of nitrogens with zero attached hydrogens (tertiary/aromatic N) is 4. The minimum absolute atomic E-state index is 0.146. The SMILES string of the molecule is Nc1cc(=O)[nH]c(SCCN2CCN(c3ccc(C(F)(F)F)cc3[N+](=O)[O-])CC2)n1. The lowest BCUT2D eigenvalue weighted by atomic mass is 10.1. The average Bonchev–Trinajstić information content (AvgIpc) is 2.66. The first-order valence-corrected chi connectivity index (χ1v) is 9.94. The maximum atomic E-state index is 12.9. The Morgan fingerprint density at radius 3 is 2.53 bits per heavy atom. The molecule has 162 valence electrons. The molecule has 2 aromatic rings. The van der Waals surface area contributed by atoms with Crippen LogP contribution >= 0.6 is 11.8 Å². The second kappa shape index (κ2) is 8.92. The van der Waals surface area contributed by atoms with Gasteiger partial charge in [0.15, 0.2) is 5.16 Å². The lowest BCUT2D eigenvalue weighted by Gasteiger charge is -2.35. The van der Waals surface area contributed by atoms with Crippen LogP contribution in [0.4, 0.5) is 30.4 Å². The number of hydrogen-bond acceptors (Lipinski definition) is 8. The van der Waals surface area contributed by atoms with Crippen molar-refractivity contribution in [3.05, 3.63) is 50.3 Å². The van der Waals surface area contributed by atoms with E-state index in [2.05, 4.69) is 14.9 Å². The number of nitrogen functional groups attached to an aromatic ring is 1. The van der Waals surface area contributed by atoms with E-state index in [0.29, 0.717) is 49.7 Å². The van der Waals surface area contributed by atoms with Crippen molar-refractivity contribution >= 4 is 29.0 Å². The van der Waals surface area contributed by atoms with Crippen LogP contribution < -0.4 is 16.2 Å². The number of hydrogen-bond donors (Lipinski definition) is 2. The third kappa shape index (κ3) is 5.42. The number of alkyl halides is 3. The molecular formula is C17H19F3N6O3S. The van der Waals surface area contributed by atoms with E-state index in [1.165, 1.54) is 17.8 Å². The van der Waals surface area contributed by atoms with Crippen molar-refractivity contribution in [3.8, 4) is 0 Å². The Morgan fingerprint density at radius 1 is 1.23 bits per heavy atom. The molecule has 0 bridgehead atoms. The van der Waals surface area contributed by atoms with Gasteiger partial charge < -0.3 is 15.6 Å². The predicted octanol–water partition coefficient (Wildman–Crippen LogP) is 2.19. The van der Waals surface area contributed by atoms with Crippen LogP contribution in [0.25, 0.3) is 0 Å². The highest BCUT2D eigenvalue weighted by Gasteiger charge is 2.34. The number of halogens is 3. The Bertz CT molecular complexity index is 976. The summed E-state index contributed by atoms with van der Waals surface area (Å²) in [7, 11) is 0. The van der Waals surface area contributed by atoms with E-state index in [9.17, 15) is 28.1 Å². The number of nitrogens with one attached hydrogen (secondary N) is 1. The minimum atomic E-state index is -4.64. The van der Waals surface area contributed by atoms with Gasteiger partial charge in [-0.2, -0.15) is 13.2 Å². The van der Waals surface area contributed by atoms with E-state index in [1.54, 1.807) is 4.90 Å². The highest BCUT2D eigenvalue weighted by molar-refractivity contribution is 7.99. The van der Waals surface area contributed by atoms with Gasteiger partial charge in [-0.3, -0.25) is 19.8 Å². The van der Waals surface area contributed by atoms with Gasteiger partial charge in [-0.1, -0.05) is 11.8 Å². The zero-order valence-corrected chi connectivity index (χ0v) is 16.5. The number of aromatic amines is 1. The Morgan fingerprint density at radius 2 is 1.93 bits per heavy atom. The molecule has 2 heterocycles. The van der Waals surface area contributed by atoms with Crippen LogP contribution in [0, 0.1) is 10.1 Å². The molecule has 1 fully saturated rings. The van der Waals surface area contributed by atoms with E-state index in [1.807, 2.05) is 0 Å². The Kier molecular flexibility index (Phi) is 6.51. The number of aromatic nitrogens is 2. The van der Waals surface area contributed by atoms with E-state index < -0.39 is 22.4 Å². The zero-order valence-electron chi connectivity index (χ0n) is 15.7. The first-order chi connectivity index (χ1) is 14.1. The van der Waals surface area contributed by atoms with Crippen LogP contribution in [-0.4, -0.2) is 58.3 Å². The van der Waals surface area contributed by atoms with E-state index in [0.717, 1.165) is 12.1 Å². The molecule has 13 heteroatoms. The van der Waals surface area contributed by atoms with Gasteiger partial charge in [-0.25, -0.2) is 4.98 Å². The smallest absolute Gasteiger partial charge is 0.383 e. The molecule has 9 nitrogen and oxygen atoms in total. The maximum absolute atomic E-state index is 12.9. The molecule has 1 saturated heterocycles.